The van der Waals surface area contributed by atoms with Crippen molar-refractivity contribution in [1.82, 2.24) is 8.75 Å². The molecule has 1 aromatic heterocycles. The molecule has 0 radical (unpaired) electrons. The lowest BCUT2D eigenvalue weighted by Gasteiger charge is -2.06. The van der Waals surface area contributed by atoms with Crippen LogP contribution in [0.25, 0.3) is 11.0 Å². The van der Waals surface area contributed by atoms with E-state index in [1.807, 2.05) is 12.1 Å². The second kappa shape index (κ2) is 6.19. The molecule has 0 aliphatic heterocycles. The second-order valence-corrected chi connectivity index (χ2v) is 5.75. The van der Waals surface area contributed by atoms with Crippen molar-refractivity contribution in [3.63, 3.8) is 0 Å². The van der Waals surface area contributed by atoms with Gasteiger partial charge in [0.1, 0.15) is 16.9 Å². The molecule has 21 heavy (non-hydrogen) atoms. The van der Waals surface area contributed by atoms with Crippen LogP contribution in [-0.2, 0) is 4.79 Å². The van der Waals surface area contributed by atoms with Gasteiger partial charge in [0, 0.05) is 4.90 Å². The van der Waals surface area contributed by atoms with Crippen molar-refractivity contribution in [1.29, 1.82) is 0 Å². The summed E-state index contributed by atoms with van der Waals surface area (Å²) in [5.41, 5.74) is 2.05. The summed E-state index contributed by atoms with van der Waals surface area (Å²) in [7, 11) is 0. The third kappa shape index (κ3) is 3.20. The zero-order valence-corrected chi connectivity index (χ0v) is 12.4. The first kappa shape index (κ1) is 14.0. The third-order valence-corrected chi connectivity index (χ3v) is 4.35. The fourth-order valence-electron chi connectivity index (χ4n) is 1.80. The molecule has 1 amide bonds. The van der Waals surface area contributed by atoms with Crippen LogP contribution in [0, 0.1) is 5.82 Å². The molecular weight excluding hydrogens is 309 g/mol. The summed E-state index contributed by atoms with van der Waals surface area (Å²) in [5.74, 6) is -0.389. The molecule has 0 atom stereocenters. The van der Waals surface area contributed by atoms with Crippen molar-refractivity contribution in [2.45, 2.75) is 4.90 Å². The topological polar surface area (TPSA) is 54.9 Å². The fraction of sp³-hybridized carbons (Fsp3) is 0.0714. The molecule has 0 fully saturated rings. The van der Waals surface area contributed by atoms with Gasteiger partial charge in [-0.3, -0.25) is 4.79 Å². The van der Waals surface area contributed by atoms with Crippen molar-refractivity contribution in [3.05, 3.63) is 48.3 Å². The Balaban J connectivity index is 1.67. The Hall–Kier alpha value is -1.99. The van der Waals surface area contributed by atoms with Crippen LogP contribution in [0.5, 0.6) is 0 Å². The van der Waals surface area contributed by atoms with Crippen molar-refractivity contribution in [3.8, 4) is 0 Å². The van der Waals surface area contributed by atoms with E-state index in [-0.39, 0.29) is 17.5 Å². The van der Waals surface area contributed by atoms with Gasteiger partial charge in [0.2, 0.25) is 5.91 Å². The molecule has 0 spiro atoms. The minimum absolute atomic E-state index is 0.134. The summed E-state index contributed by atoms with van der Waals surface area (Å²) in [4.78, 5) is 12.4. The molecule has 2 aromatic carbocycles. The van der Waals surface area contributed by atoms with E-state index in [0.29, 0.717) is 16.1 Å². The number of nitrogens with zero attached hydrogens (tertiary/aromatic N) is 2. The van der Waals surface area contributed by atoms with Gasteiger partial charge < -0.3 is 5.32 Å². The highest BCUT2D eigenvalue weighted by atomic mass is 32.2. The number of amides is 1. The monoisotopic (exact) mass is 319 g/mol. The number of nitrogens with one attached hydrogen (secondary N) is 1. The van der Waals surface area contributed by atoms with E-state index in [2.05, 4.69) is 14.1 Å². The van der Waals surface area contributed by atoms with E-state index in [9.17, 15) is 9.18 Å². The minimum atomic E-state index is -0.318. The average Bonchev–Trinajstić information content (AvgIpc) is 2.96. The molecular formula is C14H10FN3OS2. The summed E-state index contributed by atoms with van der Waals surface area (Å²) in [6.07, 6.45) is 0. The van der Waals surface area contributed by atoms with Gasteiger partial charge in [-0.15, -0.1) is 11.8 Å². The summed E-state index contributed by atoms with van der Waals surface area (Å²) in [6.45, 7) is 0. The summed E-state index contributed by atoms with van der Waals surface area (Å²) in [6, 6.07) is 11.8. The predicted octanol–water partition coefficient (Wildman–Crippen LogP) is 3.56. The van der Waals surface area contributed by atoms with Gasteiger partial charge in [0.15, 0.2) is 0 Å². The van der Waals surface area contributed by atoms with Crippen molar-refractivity contribution in [2.24, 2.45) is 0 Å². The Morgan fingerprint density at radius 2 is 2.05 bits per heavy atom. The number of carbonyl (C=O) groups excluding carboxylic acids is 1. The maximum Gasteiger partial charge on any atom is 0.234 e. The first-order valence-corrected chi connectivity index (χ1v) is 7.84. The minimum Gasteiger partial charge on any atom is -0.323 e. The van der Waals surface area contributed by atoms with Gasteiger partial charge >= 0.3 is 0 Å². The highest BCUT2D eigenvalue weighted by Crippen LogP contribution is 2.23. The van der Waals surface area contributed by atoms with Gasteiger partial charge in [-0.25, -0.2) is 4.39 Å². The SMILES string of the molecule is O=C(CSc1ccccc1F)Nc1cccc2nsnc12. The van der Waals surface area contributed by atoms with Crippen LogP contribution in [-0.4, -0.2) is 20.4 Å². The molecule has 3 rings (SSSR count). The third-order valence-electron chi connectivity index (χ3n) is 2.76. The maximum absolute atomic E-state index is 13.5. The van der Waals surface area contributed by atoms with Crippen LogP contribution in [0.2, 0.25) is 0 Å². The molecule has 1 heterocycles. The summed E-state index contributed by atoms with van der Waals surface area (Å²) in [5, 5.41) is 2.78. The lowest BCUT2D eigenvalue weighted by Crippen LogP contribution is -2.14. The summed E-state index contributed by atoms with van der Waals surface area (Å²) < 4.78 is 21.7. The Morgan fingerprint density at radius 1 is 1.19 bits per heavy atom. The number of aromatic nitrogens is 2. The lowest BCUT2D eigenvalue weighted by molar-refractivity contribution is -0.113. The quantitative estimate of drug-likeness (QED) is 0.747. The molecule has 4 nitrogen and oxygen atoms in total. The average molecular weight is 319 g/mol. The fourth-order valence-corrected chi connectivity index (χ4v) is 3.09. The van der Waals surface area contributed by atoms with E-state index in [1.165, 1.54) is 6.07 Å². The van der Waals surface area contributed by atoms with E-state index in [0.717, 1.165) is 29.0 Å². The van der Waals surface area contributed by atoms with Gasteiger partial charge in [-0.2, -0.15) is 8.75 Å². The molecule has 0 aliphatic carbocycles. The van der Waals surface area contributed by atoms with Crippen LogP contribution >= 0.6 is 23.5 Å². The van der Waals surface area contributed by atoms with Crippen LogP contribution in [0.3, 0.4) is 0 Å². The van der Waals surface area contributed by atoms with Crippen molar-refractivity contribution < 1.29 is 9.18 Å². The van der Waals surface area contributed by atoms with Gasteiger partial charge in [0.25, 0.3) is 0 Å². The molecule has 106 valence electrons. The van der Waals surface area contributed by atoms with E-state index in [4.69, 9.17) is 0 Å². The number of carbonyl (C=O) groups is 1. The number of benzene rings is 2. The van der Waals surface area contributed by atoms with Crippen LogP contribution in [0.15, 0.2) is 47.4 Å². The largest absolute Gasteiger partial charge is 0.323 e. The lowest BCUT2D eigenvalue weighted by atomic mass is 10.2. The number of anilines is 1. The molecule has 0 bridgehead atoms. The zero-order valence-electron chi connectivity index (χ0n) is 10.7. The van der Waals surface area contributed by atoms with Crippen LogP contribution < -0.4 is 5.32 Å². The maximum atomic E-state index is 13.5. The Kier molecular flexibility index (Phi) is 4.12. The first-order valence-electron chi connectivity index (χ1n) is 6.12. The Morgan fingerprint density at radius 3 is 2.90 bits per heavy atom. The molecule has 3 aromatic rings. The first-order chi connectivity index (χ1) is 10.2. The Bertz CT molecular complexity index is 790. The second-order valence-electron chi connectivity index (χ2n) is 4.20. The highest BCUT2D eigenvalue weighted by Gasteiger charge is 2.10. The van der Waals surface area contributed by atoms with E-state index < -0.39 is 0 Å². The van der Waals surface area contributed by atoms with Crippen LogP contribution in [0.4, 0.5) is 10.1 Å². The molecule has 0 aliphatic rings. The van der Waals surface area contributed by atoms with Gasteiger partial charge in [-0.1, -0.05) is 18.2 Å². The number of hydrogen-bond acceptors (Lipinski definition) is 5. The predicted molar refractivity (Wildman–Crippen MR) is 83.2 cm³/mol. The number of halogens is 1. The normalized spacial score (nSPS) is 10.7. The van der Waals surface area contributed by atoms with Gasteiger partial charge in [-0.05, 0) is 24.3 Å². The molecule has 7 heteroatoms. The Labute approximate surface area is 128 Å². The molecule has 0 saturated carbocycles. The number of thioether (sulfide) groups is 1. The summed E-state index contributed by atoms with van der Waals surface area (Å²) >= 11 is 2.26. The zero-order chi connectivity index (χ0) is 14.7. The van der Waals surface area contributed by atoms with Crippen LogP contribution in [0.1, 0.15) is 0 Å². The van der Waals surface area contributed by atoms with Crippen molar-refractivity contribution in [2.75, 3.05) is 11.1 Å². The van der Waals surface area contributed by atoms with Crippen molar-refractivity contribution >= 4 is 46.1 Å². The van der Waals surface area contributed by atoms with E-state index in [1.54, 1.807) is 24.3 Å². The number of rotatable bonds is 4. The van der Waals surface area contributed by atoms with E-state index >= 15 is 0 Å². The van der Waals surface area contributed by atoms with Gasteiger partial charge in [0.05, 0.1) is 23.2 Å². The highest BCUT2D eigenvalue weighted by molar-refractivity contribution is 8.00. The molecule has 0 saturated heterocycles. The standard InChI is InChI=1S/C14H10FN3OS2/c15-9-4-1-2-7-12(9)20-8-13(19)16-10-5-3-6-11-14(10)18-21-17-11/h1-7H,8H2,(H,16,19). The smallest absolute Gasteiger partial charge is 0.234 e. The number of hydrogen-bond donors (Lipinski definition) is 1. The molecule has 1 N–H and O–H groups in total. The number of fused-ring (bicyclic) bond motifs is 1. The molecule has 0 unspecified atom stereocenters.